The van der Waals surface area contributed by atoms with E-state index in [-0.39, 0.29) is 11.6 Å². The second-order valence-electron chi connectivity index (χ2n) is 5.29. The maximum Gasteiger partial charge on any atom is 0.275 e. The lowest BCUT2D eigenvalue weighted by Gasteiger charge is -2.09. The fraction of sp³-hybridized carbons (Fsp3) is 0.0556. The van der Waals surface area contributed by atoms with Crippen LogP contribution in [0.4, 0.5) is 17.2 Å². The van der Waals surface area contributed by atoms with Crippen molar-refractivity contribution < 1.29 is 4.79 Å². The van der Waals surface area contributed by atoms with Crippen molar-refractivity contribution >= 4 is 46.3 Å². The van der Waals surface area contributed by atoms with Crippen LogP contribution in [0, 0.1) is 6.92 Å². The molecule has 3 aromatic rings. The van der Waals surface area contributed by atoms with Crippen molar-refractivity contribution in [2.45, 2.75) is 6.92 Å². The van der Waals surface area contributed by atoms with Gasteiger partial charge in [-0.2, -0.15) is 0 Å². The Bertz CT molecular complexity index is 896. The Morgan fingerprint density at radius 1 is 1.00 bits per heavy atom. The van der Waals surface area contributed by atoms with E-state index in [9.17, 15) is 4.79 Å². The number of halogens is 2. The number of rotatable bonds is 4. The van der Waals surface area contributed by atoms with Crippen molar-refractivity contribution in [3.63, 3.8) is 0 Å². The van der Waals surface area contributed by atoms with Crippen LogP contribution in [0.2, 0.25) is 10.0 Å². The number of nitrogens with zero attached hydrogens (tertiary/aromatic N) is 2. The van der Waals surface area contributed by atoms with Crippen molar-refractivity contribution in [3.05, 3.63) is 76.2 Å². The standard InChI is InChI=1S/C18H14Cl2N4O/c1-11-14(20)3-2-4-15(11)24-18(25)16-9-22-17(10-21-16)23-13-7-5-12(19)6-8-13/h2-10H,1H3,(H,22,23)(H,24,25). The van der Waals surface area contributed by atoms with Crippen LogP contribution in [0.15, 0.2) is 54.9 Å². The SMILES string of the molecule is Cc1c(Cl)cccc1NC(=O)c1cnc(Nc2ccc(Cl)cc2)cn1. The van der Waals surface area contributed by atoms with Crippen LogP contribution in [0.3, 0.4) is 0 Å². The average Bonchev–Trinajstić information content (AvgIpc) is 2.61. The molecule has 1 amide bonds. The van der Waals surface area contributed by atoms with Gasteiger partial charge in [0.15, 0.2) is 0 Å². The van der Waals surface area contributed by atoms with Crippen molar-refractivity contribution in [3.8, 4) is 0 Å². The van der Waals surface area contributed by atoms with E-state index in [0.717, 1.165) is 11.3 Å². The average molecular weight is 373 g/mol. The van der Waals surface area contributed by atoms with Crippen molar-refractivity contribution in [2.24, 2.45) is 0 Å². The summed E-state index contributed by atoms with van der Waals surface area (Å²) >= 11 is 11.9. The van der Waals surface area contributed by atoms with Crippen LogP contribution in [0.1, 0.15) is 16.1 Å². The number of benzene rings is 2. The quantitative estimate of drug-likeness (QED) is 0.669. The summed E-state index contributed by atoms with van der Waals surface area (Å²) in [5.74, 6) is 0.175. The van der Waals surface area contributed by atoms with E-state index in [4.69, 9.17) is 23.2 Å². The molecular weight excluding hydrogens is 359 g/mol. The number of hydrogen-bond donors (Lipinski definition) is 2. The number of nitrogens with one attached hydrogen (secondary N) is 2. The summed E-state index contributed by atoms with van der Waals surface area (Å²) in [6.45, 7) is 1.84. The van der Waals surface area contributed by atoms with Crippen molar-refractivity contribution in [1.29, 1.82) is 0 Å². The van der Waals surface area contributed by atoms with E-state index in [1.54, 1.807) is 30.3 Å². The largest absolute Gasteiger partial charge is 0.339 e. The first-order chi connectivity index (χ1) is 12.0. The first-order valence-corrected chi connectivity index (χ1v) is 8.19. The zero-order valence-electron chi connectivity index (χ0n) is 13.3. The van der Waals surface area contributed by atoms with Crippen LogP contribution < -0.4 is 10.6 Å². The Labute approximate surface area is 155 Å². The van der Waals surface area contributed by atoms with Gasteiger partial charge in [-0.25, -0.2) is 9.97 Å². The minimum absolute atomic E-state index is 0.209. The van der Waals surface area contributed by atoms with Crippen LogP contribution in [-0.4, -0.2) is 15.9 Å². The monoisotopic (exact) mass is 372 g/mol. The minimum atomic E-state index is -0.351. The van der Waals surface area contributed by atoms with Gasteiger partial charge in [0.05, 0.1) is 12.4 Å². The third-order valence-electron chi connectivity index (χ3n) is 3.52. The third kappa shape index (κ3) is 4.26. The van der Waals surface area contributed by atoms with Crippen LogP contribution >= 0.6 is 23.2 Å². The fourth-order valence-corrected chi connectivity index (χ4v) is 2.42. The van der Waals surface area contributed by atoms with Gasteiger partial charge in [-0.3, -0.25) is 4.79 Å². The van der Waals surface area contributed by atoms with Gasteiger partial charge < -0.3 is 10.6 Å². The molecule has 0 bridgehead atoms. The molecule has 0 radical (unpaired) electrons. The smallest absolute Gasteiger partial charge is 0.275 e. The maximum atomic E-state index is 12.3. The molecule has 0 aliphatic carbocycles. The van der Waals surface area contributed by atoms with Crippen LogP contribution in [0.5, 0.6) is 0 Å². The van der Waals surface area contributed by atoms with E-state index < -0.39 is 0 Å². The van der Waals surface area contributed by atoms with E-state index in [0.29, 0.717) is 21.6 Å². The lowest BCUT2D eigenvalue weighted by atomic mass is 10.2. The Hall–Kier alpha value is -2.63. The van der Waals surface area contributed by atoms with E-state index >= 15 is 0 Å². The Morgan fingerprint density at radius 2 is 1.76 bits per heavy atom. The summed E-state index contributed by atoms with van der Waals surface area (Å²) in [6.07, 6.45) is 2.90. The molecule has 7 heteroatoms. The summed E-state index contributed by atoms with van der Waals surface area (Å²) in [6, 6.07) is 12.5. The topological polar surface area (TPSA) is 66.9 Å². The molecule has 126 valence electrons. The fourth-order valence-electron chi connectivity index (χ4n) is 2.12. The highest BCUT2D eigenvalue weighted by Crippen LogP contribution is 2.23. The lowest BCUT2D eigenvalue weighted by molar-refractivity contribution is 0.102. The molecule has 3 rings (SSSR count). The van der Waals surface area contributed by atoms with Crippen molar-refractivity contribution in [2.75, 3.05) is 10.6 Å². The van der Waals surface area contributed by atoms with Gasteiger partial charge in [-0.15, -0.1) is 0 Å². The van der Waals surface area contributed by atoms with E-state index in [2.05, 4.69) is 20.6 Å². The second kappa shape index (κ2) is 7.51. The predicted molar refractivity (Wildman–Crippen MR) is 101 cm³/mol. The maximum absolute atomic E-state index is 12.3. The van der Waals surface area contributed by atoms with Gasteiger partial charge >= 0.3 is 0 Å². The Morgan fingerprint density at radius 3 is 2.44 bits per heavy atom. The predicted octanol–water partition coefficient (Wildman–Crippen LogP) is 5.09. The normalized spacial score (nSPS) is 10.4. The van der Waals surface area contributed by atoms with Crippen LogP contribution in [0.25, 0.3) is 0 Å². The molecule has 2 aromatic carbocycles. The zero-order valence-corrected chi connectivity index (χ0v) is 14.8. The molecule has 0 fully saturated rings. The summed E-state index contributed by atoms with van der Waals surface area (Å²) < 4.78 is 0. The number of carbonyl (C=O) groups excluding carboxylic acids is 1. The van der Waals surface area contributed by atoms with Crippen LogP contribution in [-0.2, 0) is 0 Å². The molecule has 1 aromatic heterocycles. The highest BCUT2D eigenvalue weighted by molar-refractivity contribution is 6.31. The molecule has 2 N–H and O–H groups in total. The number of anilines is 3. The molecule has 0 aliphatic heterocycles. The molecular formula is C18H14Cl2N4O. The summed E-state index contributed by atoms with van der Waals surface area (Å²) in [7, 11) is 0. The van der Waals surface area contributed by atoms with Crippen molar-refractivity contribution in [1.82, 2.24) is 9.97 Å². The van der Waals surface area contributed by atoms with E-state index in [1.807, 2.05) is 19.1 Å². The number of aromatic nitrogens is 2. The van der Waals surface area contributed by atoms with Gasteiger partial charge in [-0.05, 0) is 48.9 Å². The number of hydrogen-bond acceptors (Lipinski definition) is 4. The van der Waals surface area contributed by atoms with Gasteiger partial charge in [0, 0.05) is 21.4 Å². The Balaban J connectivity index is 1.70. The summed E-state index contributed by atoms with van der Waals surface area (Å²) in [5, 5.41) is 7.11. The zero-order chi connectivity index (χ0) is 17.8. The van der Waals surface area contributed by atoms with Gasteiger partial charge in [0.2, 0.25) is 0 Å². The molecule has 0 atom stereocenters. The molecule has 0 unspecified atom stereocenters. The first-order valence-electron chi connectivity index (χ1n) is 7.44. The summed E-state index contributed by atoms with van der Waals surface area (Å²) in [5.41, 5.74) is 2.47. The highest BCUT2D eigenvalue weighted by Gasteiger charge is 2.11. The van der Waals surface area contributed by atoms with Gasteiger partial charge in [0.25, 0.3) is 5.91 Å². The molecule has 5 nitrogen and oxygen atoms in total. The molecule has 0 saturated carbocycles. The third-order valence-corrected chi connectivity index (χ3v) is 4.18. The molecule has 25 heavy (non-hydrogen) atoms. The first kappa shape index (κ1) is 17.2. The Kier molecular flexibility index (Phi) is 5.16. The van der Waals surface area contributed by atoms with Gasteiger partial charge in [-0.1, -0.05) is 29.3 Å². The van der Waals surface area contributed by atoms with E-state index in [1.165, 1.54) is 12.4 Å². The number of amides is 1. The number of carbonyl (C=O) groups is 1. The molecule has 0 spiro atoms. The second-order valence-corrected chi connectivity index (χ2v) is 6.13. The molecule has 1 heterocycles. The van der Waals surface area contributed by atoms with Gasteiger partial charge in [0.1, 0.15) is 11.5 Å². The lowest BCUT2D eigenvalue weighted by Crippen LogP contribution is -2.15. The molecule has 0 aliphatic rings. The minimum Gasteiger partial charge on any atom is -0.339 e. The summed E-state index contributed by atoms with van der Waals surface area (Å²) in [4.78, 5) is 20.6. The highest BCUT2D eigenvalue weighted by atomic mass is 35.5. The molecule has 0 saturated heterocycles.